The average molecular weight is 455 g/mol. The van der Waals surface area contributed by atoms with Gasteiger partial charge in [-0.25, -0.2) is 4.39 Å². The molecule has 2 aromatic rings. The Morgan fingerprint density at radius 2 is 1.64 bits per heavy atom. The molecule has 0 unspecified atom stereocenters. The molecule has 7 heteroatoms. The van der Waals surface area contributed by atoms with Gasteiger partial charge in [0.2, 0.25) is 5.91 Å². The number of piperidine rings is 1. The minimum atomic E-state index is -0.269. The predicted molar refractivity (Wildman–Crippen MR) is 127 cm³/mol. The van der Waals surface area contributed by atoms with Crippen molar-refractivity contribution in [1.82, 2.24) is 20.0 Å². The maximum atomic E-state index is 13.2. The number of likely N-dealkylation sites (N-methyl/N-ethyl adjacent to an activating group) is 1. The fraction of sp³-hybridized carbons (Fsp3) is 0.500. The maximum absolute atomic E-state index is 13.2. The number of hydrogen-bond donors (Lipinski definition) is 2. The molecular weight excluding hydrogens is 419 g/mol. The van der Waals surface area contributed by atoms with E-state index in [0.717, 1.165) is 69.9 Å². The van der Waals surface area contributed by atoms with E-state index in [4.69, 9.17) is 0 Å². The fourth-order valence-electron chi connectivity index (χ4n) is 4.95. The zero-order valence-corrected chi connectivity index (χ0v) is 19.4. The Morgan fingerprint density at radius 1 is 0.970 bits per heavy atom. The van der Waals surface area contributed by atoms with Crippen LogP contribution in [0.1, 0.15) is 17.5 Å². The van der Waals surface area contributed by atoms with Crippen LogP contribution in [0.15, 0.2) is 48.5 Å². The van der Waals surface area contributed by atoms with Gasteiger partial charge >= 0.3 is 0 Å². The molecule has 6 nitrogen and oxygen atoms in total. The van der Waals surface area contributed by atoms with Crippen LogP contribution in [0.2, 0.25) is 0 Å². The summed E-state index contributed by atoms with van der Waals surface area (Å²) >= 11 is 0. The van der Waals surface area contributed by atoms with E-state index in [1.54, 1.807) is 24.3 Å². The van der Waals surface area contributed by atoms with Crippen molar-refractivity contribution in [3.8, 4) is 5.75 Å². The van der Waals surface area contributed by atoms with E-state index in [-0.39, 0.29) is 23.4 Å². The van der Waals surface area contributed by atoms with Crippen LogP contribution in [0.4, 0.5) is 4.39 Å². The van der Waals surface area contributed by atoms with Crippen LogP contribution in [0.25, 0.3) is 0 Å². The highest BCUT2D eigenvalue weighted by Crippen LogP contribution is 2.25. The van der Waals surface area contributed by atoms with Gasteiger partial charge in [-0.3, -0.25) is 9.69 Å². The molecule has 2 aromatic carbocycles. The summed E-state index contributed by atoms with van der Waals surface area (Å²) in [6, 6.07) is 13.6. The number of piperazine rings is 1. The summed E-state index contributed by atoms with van der Waals surface area (Å²) in [7, 11) is 2.17. The molecule has 2 aliphatic rings. The number of aromatic hydroxyl groups is 1. The molecule has 2 heterocycles. The van der Waals surface area contributed by atoms with Gasteiger partial charge in [0.05, 0.1) is 5.92 Å². The van der Waals surface area contributed by atoms with E-state index in [9.17, 15) is 14.3 Å². The molecule has 2 saturated heterocycles. The normalized spacial score (nSPS) is 22.8. The van der Waals surface area contributed by atoms with Crippen molar-refractivity contribution < 1.29 is 14.3 Å². The smallest absolute Gasteiger partial charge is 0.224 e. The molecule has 0 aromatic heterocycles. The number of nitrogens with zero attached hydrogens (tertiary/aromatic N) is 3. The average Bonchev–Trinajstić information content (AvgIpc) is 2.81. The lowest BCUT2D eigenvalue weighted by Crippen LogP contribution is -2.51. The van der Waals surface area contributed by atoms with Crippen LogP contribution in [0, 0.1) is 17.7 Å². The predicted octanol–water partition coefficient (Wildman–Crippen LogP) is 2.53. The number of amides is 1. The van der Waals surface area contributed by atoms with Crippen LogP contribution in [-0.4, -0.2) is 78.6 Å². The summed E-state index contributed by atoms with van der Waals surface area (Å²) in [5, 5.41) is 12.7. The number of nitrogens with one attached hydrogen (secondary N) is 1. The molecule has 0 aliphatic carbocycles. The van der Waals surface area contributed by atoms with Gasteiger partial charge in [0, 0.05) is 58.9 Å². The van der Waals surface area contributed by atoms with Gasteiger partial charge in [0.1, 0.15) is 11.6 Å². The Morgan fingerprint density at radius 3 is 2.33 bits per heavy atom. The van der Waals surface area contributed by atoms with Gasteiger partial charge < -0.3 is 20.2 Å². The molecule has 33 heavy (non-hydrogen) atoms. The summed E-state index contributed by atoms with van der Waals surface area (Å²) in [6.07, 6.45) is 0.883. The SMILES string of the molecule is CN1CCN(C[C@H]2C[C@@H](C(=O)NCc3ccc(F)cc3)CN(Cc3ccc(O)cc3)C2)CC1. The van der Waals surface area contributed by atoms with E-state index >= 15 is 0 Å². The molecular formula is C26H35FN4O2. The Balaban J connectivity index is 1.39. The van der Waals surface area contributed by atoms with Crippen molar-refractivity contribution in [2.24, 2.45) is 11.8 Å². The molecule has 178 valence electrons. The van der Waals surface area contributed by atoms with Gasteiger partial charge in [0.15, 0.2) is 0 Å². The Hall–Kier alpha value is -2.48. The standard InChI is InChI=1S/C26H35FN4O2/c1-29-10-12-30(13-11-29)17-22-14-23(26(33)28-15-20-2-6-24(27)7-3-20)19-31(18-22)16-21-4-8-25(32)9-5-21/h2-9,22-23,32H,10-19H2,1H3,(H,28,33)/t22-,23-/m1/s1. The van der Waals surface area contributed by atoms with Crippen molar-refractivity contribution >= 4 is 5.91 Å². The molecule has 2 aliphatic heterocycles. The molecule has 2 atom stereocenters. The number of carbonyl (C=O) groups is 1. The highest BCUT2D eigenvalue weighted by Gasteiger charge is 2.33. The molecule has 1 amide bonds. The Labute approximate surface area is 196 Å². The first-order valence-corrected chi connectivity index (χ1v) is 11.9. The first-order chi connectivity index (χ1) is 15.9. The second-order valence-electron chi connectivity index (χ2n) is 9.61. The number of carbonyl (C=O) groups excluding carboxylic acids is 1. The van der Waals surface area contributed by atoms with Crippen molar-refractivity contribution in [2.45, 2.75) is 19.5 Å². The maximum Gasteiger partial charge on any atom is 0.224 e. The minimum Gasteiger partial charge on any atom is -0.508 e. The first-order valence-electron chi connectivity index (χ1n) is 11.9. The second kappa shape index (κ2) is 11.1. The number of hydrogen-bond acceptors (Lipinski definition) is 5. The lowest BCUT2D eigenvalue weighted by atomic mass is 9.87. The van der Waals surface area contributed by atoms with Gasteiger partial charge in [-0.15, -0.1) is 0 Å². The molecule has 4 rings (SSSR count). The number of likely N-dealkylation sites (tertiary alicyclic amines) is 1. The topological polar surface area (TPSA) is 59.0 Å². The molecule has 2 fully saturated rings. The van der Waals surface area contributed by atoms with E-state index in [0.29, 0.717) is 12.5 Å². The quantitative estimate of drug-likeness (QED) is 0.674. The van der Waals surface area contributed by atoms with E-state index in [1.807, 2.05) is 12.1 Å². The molecule has 0 radical (unpaired) electrons. The minimum absolute atomic E-state index is 0.0677. The third-order valence-corrected chi connectivity index (χ3v) is 6.82. The highest BCUT2D eigenvalue weighted by atomic mass is 19.1. The molecule has 0 saturated carbocycles. The third kappa shape index (κ3) is 7.00. The Bertz CT molecular complexity index is 898. The van der Waals surface area contributed by atoms with E-state index < -0.39 is 0 Å². The van der Waals surface area contributed by atoms with Crippen molar-refractivity contribution in [2.75, 3.05) is 52.9 Å². The number of phenols is 1. The zero-order valence-electron chi connectivity index (χ0n) is 19.4. The summed E-state index contributed by atoms with van der Waals surface area (Å²) in [5.41, 5.74) is 2.04. The lowest BCUT2D eigenvalue weighted by molar-refractivity contribution is -0.128. The summed E-state index contributed by atoms with van der Waals surface area (Å²) in [6.45, 7) is 8.21. The monoisotopic (exact) mass is 454 g/mol. The number of rotatable bonds is 7. The summed E-state index contributed by atoms with van der Waals surface area (Å²) in [5.74, 6) is 0.421. The largest absolute Gasteiger partial charge is 0.508 e. The van der Waals surface area contributed by atoms with Gasteiger partial charge in [-0.1, -0.05) is 24.3 Å². The first kappa shape index (κ1) is 23.7. The molecule has 0 spiro atoms. The van der Waals surface area contributed by atoms with Crippen molar-refractivity contribution in [3.05, 3.63) is 65.5 Å². The second-order valence-corrected chi connectivity index (χ2v) is 9.61. The van der Waals surface area contributed by atoms with Gasteiger partial charge in [-0.2, -0.15) is 0 Å². The summed E-state index contributed by atoms with van der Waals surface area (Å²) < 4.78 is 13.2. The fourth-order valence-corrected chi connectivity index (χ4v) is 4.95. The van der Waals surface area contributed by atoms with Crippen LogP contribution >= 0.6 is 0 Å². The van der Waals surface area contributed by atoms with Crippen molar-refractivity contribution in [3.63, 3.8) is 0 Å². The lowest BCUT2D eigenvalue weighted by Gasteiger charge is -2.41. The van der Waals surface area contributed by atoms with Crippen LogP contribution in [0.5, 0.6) is 5.75 Å². The van der Waals surface area contributed by atoms with E-state index in [1.165, 1.54) is 12.1 Å². The molecule has 0 bridgehead atoms. The third-order valence-electron chi connectivity index (χ3n) is 6.82. The van der Waals surface area contributed by atoms with Crippen LogP contribution in [0.3, 0.4) is 0 Å². The van der Waals surface area contributed by atoms with Crippen LogP contribution < -0.4 is 5.32 Å². The number of benzene rings is 2. The van der Waals surface area contributed by atoms with Gasteiger partial charge in [-0.05, 0) is 54.8 Å². The van der Waals surface area contributed by atoms with Crippen molar-refractivity contribution in [1.29, 1.82) is 0 Å². The number of halogens is 1. The van der Waals surface area contributed by atoms with E-state index in [2.05, 4.69) is 27.1 Å². The number of phenolic OH excluding ortho intramolecular Hbond substituents is 1. The van der Waals surface area contributed by atoms with Crippen LogP contribution in [-0.2, 0) is 17.9 Å². The van der Waals surface area contributed by atoms with Gasteiger partial charge in [0.25, 0.3) is 0 Å². The highest BCUT2D eigenvalue weighted by molar-refractivity contribution is 5.79. The zero-order chi connectivity index (χ0) is 23.2. The molecule has 2 N–H and O–H groups in total. The Kier molecular flexibility index (Phi) is 7.96. The summed E-state index contributed by atoms with van der Waals surface area (Å²) in [4.78, 5) is 20.4.